The van der Waals surface area contributed by atoms with E-state index in [0.29, 0.717) is 12.2 Å². The van der Waals surface area contributed by atoms with Crippen molar-refractivity contribution in [1.29, 1.82) is 0 Å². The normalized spacial score (nSPS) is 10.4. The molecule has 6 heteroatoms. The van der Waals surface area contributed by atoms with Crippen LogP contribution in [0.25, 0.3) is 0 Å². The van der Waals surface area contributed by atoms with Crippen molar-refractivity contribution < 1.29 is 9.53 Å². The van der Waals surface area contributed by atoms with Gasteiger partial charge in [0.25, 0.3) is 0 Å². The van der Waals surface area contributed by atoms with Crippen LogP contribution < -0.4 is 0 Å². The molecule has 0 saturated carbocycles. The van der Waals surface area contributed by atoms with Crippen LogP contribution in [0.5, 0.6) is 0 Å². The molecule has 0 fully saturated rings. The van der Waals surface area contributed by atoms with E-state index in [4.69, 9.17) is 4.74 Å². The van der Waals surface area contributed by atoms with Crippen LogP contribution in [-0.4, -0.2) is 12.6 Å². The number of unbranched alkanes of at least 4 members (excludes halogenated alkanes) is 1. The van der Waals surface area contributed by atoms with E-state index in [2.05, 4.69) is 97.3 Å². The third kappa shape index (κ3) is 4.58. The highest BCUT2D eigenvalue weighted by Crippen LogP contribution is 2.29. The second-order valence-electron chi connectivity index (χ2n) is 3.33. The number of rotatable bonds is 4. The summed E-state index contributed by atoms with van der Waals surface area (Å²) >= 11 is 8.95. The van der Waals surface area contributed by atoms with Crippen LogP contribution in [0.4, 0.5) is 0 Å². The van der Waals surface area contributed by atoms with Gasteiger partial charge in [0, 0.05) is 14.3 Å². The molecule has 0 N–H and O–H groups in total. The molecule has 0 spiro atoms. The molecule has 0 aliphatic carbocycles. The van der Waals surface area contributed by atoms with Gasteiger partial charge in [-0.25, -0.2) is 4.79 Å². The predicted molar refractivity (Wildman–Crippen MR) is 103 cm³/mol. The Kier molecular flexibility index (Phi) is 7.86. The number of benzene rings is 1. The van der Waals surface area contributed by atoms with Gasteiger partial charge in [-0.1, -0.05) is 13.3 Å². The molecule has 1 rings (SSSR count). The second kappa shape index (κ2) is 8.02. The molecule has 0 amide bonds. The summed E-state index contributed by atoms with van der Waals surface area (Å²) in [6.45, 7) is 2.58. The monoisotopic (exact) mass is 682 g/mol. The first kappa shape index (κ1) is 16.7. The molecule has 0 radical (unpaired) electrons. The lowest BCUT2D eigenvalue weighted by Crippen LogP contribution is -2.12. The molecule has 0 atom stereocenters. The number of carbonyl (C=O) groups is 1. The Hall–Kier alpha value is 1.61. The average Bonchev–Trinajstić information content (AvgIpc) is 2.26. The van der Waals surface area contributed by atoms with Gasteiger partial charge >= 0.3 is 5.97 Å². The summed E-state index contributed by atoms with van der Waals surface area (Å²) in [5.74, 6) is -0.207. The zero-order chi connectivity index (χ0) is 13.0. The Bertz CT molecular complexity index is 432. The lowest BCUT2D eigenvalue weighted by atomic mass is 10.2. The van der Waals surface area contributed by atoms with Crippen molar-refractivity contribution in [2.24, 2.45) is 0 Å². The molecule has 0 saturated heterocycles. The molecule has 0 aromatic heterocycles. The third-order valence-electron chi connectivity index (χ3n) is 2.05. The Morgan fingerprint density at radius 2 is 1.82 bits per heavy atom. The van der Waals surface area contributed by atoms with Gasteiger partial charge in [-0.3, -0.25) is 0 Å². The Balaban J connectivity index is 2.97. The van der Waals surface area contributed by atoms with E-state index < -0.39 is 0 Å². The molecule has 2 nitrogen and oxygen atoms in total. The molecule has 1 aromatic carbocycles. The van der Waals surface area contributed by atoms with E-state index in [1.165, 1.54) is 3.57 Å². The van der Waals surface area contributed by atoms with Crippen molar-refractivity contribution in [3.63, 3.8) is 0 Å². The van der Waals surface area contributed by atoms with Crippen LogP contribution in [0.15, 0.2) is 6.07 Å². The molecule has 0 heterocycles. The number of carbonyl (C=O) groups excluding carboxylic acids is 1. The van der Waals surface area contributed by atoms with E-state index in [1.807, 2.05) is 6.07 Å². The topological polar surface area (TPSA) is 26.3 Å². The number of hydrogen-bond donors (Lipinski definition) is 0. The van der Waals surface area contributed by atoms with Crippen LogP contribution >= 0.6 is 90.4 Å². The molecule has 17 heavy (non-hydrogen) atoms. The lowest BCUT2D eigenvalue weighted by Gasteiger charge is -2.10. The van der Waals surface area contributed by atoms with Crippen LogP contribution in [-0.2, 0) is 4.74 Å². The van der Waals surface area contributed by atoms with Crippen molar-refractivity contribution in [2.75, 3.05) is 6.61 Å². The van der Waals surface area contributed by atoms with Crippen LogP contribution in [0.2, 0.25) is 0 Å². The van der Waals surface area contributed by atoms with Crippen LogP contribution in [0, 0.1) is 14.3 Å². The van der Waals surface area contributed by atoms with Gasteiger partial charge in [0.2, 0.25) is 0 Å². The molecule has 94 valence electrons. The fraction of sp³-hybridized carbons (Fsp3) is 0.364. The minimum absolute atomic E-state index is 0.207. The van der Waals surface area contributed by atoms with Gasteiger partial charge in [0.05, 0.1) is 12.2 Å². The van der Waals surface area contributed by atoms with Gasteiger partial charge in [-0.2, -0.15) is 0 Å². The van der Waals surface area contributed by atoms with E-state index in [9.17, 15) is 4.79 Å². The third-order valence-corrected chi connectivity index (χ3v) is 8.01. The maximum absolute atomic E-state index is 12.0. The zero-order valence-corrected chi connectivity index (χ0v) is 17.7. The molecule has 1 aromatic rings. The molecule has 0 aliphatic rings. The zero-order valence-electron chi connectivity index (χ0n) is 9.03. The minimum Gasteiger partial charge on any atom is -0.462 e. The first-order chi connectivity index (χ1) is 7.99. The second-order valence-corrected chi connectivity index (χ2v) is 7.81. The van der Waals surface area contributed by atoms with Crippen molar-refractivity contribution in [3.05, 3.63) is 25.9 Å². The van der Waals surface area contributed by atoms with E-state index in [0.717, 1.165) is 23.6 Å². The quantitative estimate of drug-likeness (QED) is 0.146. The van der Waals surface area contributed by atoms with Crippen LogP contribution in [0.3, 0.4) is 0 Å². The fourth-order valence-corrected chi connectivity index (χ4v) is 5.37. The van der Waals surface area contributed by atoms with Crippen LogP contribution in [0.1, 0.15) is 30.1 Å². The summed E-state index contributed by atoms with van der Waals surface area (Å²) in [5.41, 5.74) is 0.701. The minimum atomic E-state index is -0.207. The fourth-order valence-electron chi connectivity index (χ4n) is 1.13. The van der Waals surface area contributed by atoms with E-state index in [-0.39, 0.29) is 5.97 Å². The summed E-state index contributed by atoms with van der Waals surface area (Å²) in [6.07, 6.45) is 1.95. The standard InChI is InChI=1S/C11H10I4O2/c1-2-3-4-17-11(16)8-6(12)5-7(13)9(14)10(8)15/h5H,2-4H2,1H3. The van der Waals surface area contributed by atoms with Gasteiger partial charge in [0.15, 0.2) is 0 Å². The highest BCUT2D eigenvalue weighted by Gasteiger charge is 2.19. The highest BCUT2D eigenvalue weighted by molar-refractivity contribution is 14.1. The number of halogens is 4. The first-order valence-electron chi connectivity index (χ1n) is 4.99. The van der Waals surface area contributed by atoms with Crippen molar-refractivity contribution in [1.82, 2.24) is 0 Å². The molecule has 0 aliphatic heterocycles. The number of esters is 1. The van der Waals surface area contributed by atoms with Gasteiger partial charge < -0.3 is 4.74 Å². The smallest absolute Gasteiger partial charge is 0.340 e. The SMILES string of the molecule is CCCCOC(=O)c1c(I)cc(I)c(I)c1I. The summed E-state index contributed by atoms with van der Waals surface area (Å²) in [6, 6.07) is 2.02. The molecular formula is C11H10I4O2. The number of ether oxygens (including phenoxy) is 1. The van der Waals surface area contributed by atoms with E-state index >= 15 is 0 Å². The van der Waals surface area contributed by atoms with Crippen molar-refractivity contribution in [3.8, 4) is 0 Å². The van der Waals surface area contributed by atoms with E-state index in [1.54, 1.807) is 0 Å². The predicted octanol–water partition coefficient (Wildman–Crippen LogP) is 5.06. The Labute approximate surface area is 156 Å². The van der Waals surface area contributed by atoms with Gasteiger partial charge in [-0.05, 0) is 103 Å². The van der Waals surface area contributed by atoms with Gasteiger partial charge in [-0.15, -0.1) is 0 Å². The van der Waals surface area contributed by atoms with Gasteiger partial charge in [0.1, 0.15) is 0 Å². The first-order valence-corrected chi connectivity index (χ1v) is 9.30. The summed E-state index contributed by atoms with van der Waals surface area (Å²) in [5, 5.41) is 0. The lowest BCUT2D eigenvalue weighted by molar-refractivity contribution is 0.0497. The molecular weight excluding hydrogens is 672 g/mol. The van der Waals surface area contributed by atoms with Crippen molar-refractivity contribution >= 4 is 96.3 Å². The Morgan fingerprint density at radius 1 is 1.18 bits per heavy atom. The highest BCUT2D eigenvalue weighted by atomic mass is 127. The summed E-state index contributed by atoms with van der Waals surface area (Å²) < 4.78 is 9.50. The maximum Gasteiger partial charge on any atom is 0.340 e. The van der Waals surface area contributed by atoms with Crippen molar-refractivity contribution in [2.45, 2.75) is 19.8 Å². The average molecular weight is 682 g/mol. The summed E-state index contributed by atoms with van der Waals surface area (Å²) in [7, 11) is 0. The maximum atomic E-state index is 12.0. The Morgan fingerprint density at radius 3 is 2.41 bits per heavy atom. The number of hydrogen-bond acceptors (Lipinski definition) is 2. The molecule has 0 unspecified atom stereocenters. The summed E-state index contributed by atoms with van der Waals surface area (Å²) in [4.78, 5) is 12.0. The molecule has 0 bridgehead atoms. The largest absolute Gasteiger partial charge is 0.462 e.